The van der Waals surface area contributed by atoms with Crippen LogP contribution >= 0.6 is 0 Å². The number of anilines is 1. The third-order valence-electron chi connectivity index (χ3n) is 2.40. The minimum atomic E-state index is -3.76. The van der Waals surface area contributed by atoms with Crippen LogP contribution in [0.4, 0.5) is 10.1 Å². The number of rotatable bonds is 6. The summed E-state index contributed by atoms with van der Waals surface area (Å²) in [4.78, 5) is 11.4. The van der Waals surface area contributed by atoms with Gasteiger partial charge in [-0.05, 0) is 26.0 Å². The summed E-state index contributed by atoms with van der Waals surface area (Å²) >= 11 is 0. The molecule has 5 nitrogen and oxygen atoms in total. The van der Waals surface area contributed by atoms with Crippen LogP contribution in [0.25, 0.3) is 0 Å². The lowest BCUT2D eigenvalue weighted by Crippen LogP contribution is -2.38. The molecule has 0 saturated carbocycles. The Balaban J connectivity index is 3.14. The fourth-order valence-electron chi connectivity index (χ4n) is 1.47. The molecule has 0 aliphatic carbocycles. The highest BCUT2D eigenvalue weighted by Gasteiger charge is 2.26. The van der Waals surface area contributed by atoms with Gasteiger partial charge in [0.25, 0.3) is 0 Å². The Morgan fingerprint density at radius 2 is 1.95 bits per heavy atom. The van der Waals surface area contributed by atoms with Crippen molar-refractivity contribution in [3.05, 3.63) is 30.1 Å². The second kappa shape index (κ2) is 6.51. The molecule has 0 fully saturated rings. The molecule has 0 atom stereocenters. The second-order valence-electron chi connectivity index (χ2n) is 3.66. The van der Waals surface area contributed by atoms with E-state index in [1.807, 2.05) is 0 Å². The van der Waals surface area contributed by atoms with Crippen molar-refractivity contribution in [3.8, 4) is 0 Å². The number of nitrogens with zero attached hydrogens (tertiary/aromatic N) is 1. The van der Waals surface area contributed by atoms with Crippen molar-refractivity contribution in [1.29, 1.82) is 0 Å². The molecule has 0 aliphatic heterocycles. The summed E-state index contributed by atoms with van der Waals surface area (Å²) < 4.78 is 43.0. The molecule has 0 heterocycles. The number of halogens is 1. The third-order valence-corrected chi connectivity index (χ3v) is 4.13. The van der Waals surface area contributed by atoms with E-state index in [1.165, 1.54) is 25.1 Å². The molecule has 0 radical (unpaired) electrons. The zero-order valence-electron chi connectivity index (χ0n) is 10.8. The Bertz CT molecular complexity index is 544. The molecule has 0 N–H and O–H groups in total. The van der Waals surface area contributed by atoms with Crippen molar-refractivity contribution in [2.24, 2.45) is 0 Å². The Morgan fingerprint density at radius 1 is 1.32 bits per heavy atom. The zero-order chi connectivity index (χ0) is 14.5. The van der Waals surface area contributed by atoms with Crippen molar-refractivity contribution in [1.82, 2.24) is 0 Å². The highest BCUT2D eigenvalue weighted by atomic mass is 32.2. The number of benzene rings is 1. The molecule has 1 aromatic rings. The summed E-state index contributed by atoms with van der Waals surface area (Å²) in [7, 11) is -3.76. The highest BCUT2D eigenvalue weighted by molar-refractivity contribution is 7.92. The van der Waals surface area contributed by atoms with Gasteiger partial charge in [0, 0.05) is 0 Å². The number of ether oxygens (including phenoxy) is 1. The van der Waals surface area contributed by atoms with Gasteiger partial charge in [-0.3, -0.25) is 9.10 Å². The summed E-state index contributed by atoms with van der Waals surface area (Å²) in [6.07, 6.45) is 0. The molecule has 106 valence electrons. The average Bonchev–Trinajstić information content (AvgIpc) is 2.37. The number of hydrogen-bond acceptors (Lipinski definition) is 4. The van der Waals surface area contributed by atoms with E-state index in [2.05, 4.69) is 0 Å². The quantitative estimate of drug-likeness (QED) is 0.745. The van der Waals surface area contributed by atoms with E-state index in [4.69, 9.17) is 4.74 Å². The molecule has 0 unspecified atom stereocenters. The molecule has 1 rings (SSSR count). The number of carbonyl (C=O) groups excluding carboxylic acids is 1. The second-order valence-corrected chi connectivity index (χ2v) is 5.85. The number of hydrogen-bond donors (Lipinski definition) is 0. The van der Waals surface area contributed by atoms with Gasteiger partial charge in [-0.25, -0.2) is 12.8 Å². The lowest BCUT2D eigenvalue weighted by atomic mass is 10.3. The first-order chi connectivity index (χ1) is 8.92. The molecule has 0 saturated heterocycles. The van der Waals surface area contributed by atoms with E-state index < -0.39 is 28.4 Å². The smallest absolute Gasteiger partial charge is 0.326 e. The van der Waals surface area contributed by atoms with E-state index in [0.717, 1.165) is 10.4 Å². The molecule has 0 amide bonds. The van der Waals surface area contributed by atoms with Gasteiger partial charge in [0.2, 0.25) is 10.0 Å². The summed E-state index contributed by atoms with van der Waals surface area (Å²) in [5.41, 5.74) is -0.155. The summed E-state index contributed by atoms with van der Waals surface area (Å²) in [6.45, 7) is 2.63. The molecular formula is C12H16FNO4S. The minimum Gasteiger partial charge on any atom is -0.465 e. The van der Waals surface area contributed by atoms with Gasteiger partial charge in [0.15, 0.2) is 0 Å². The molecular weight excluding hydrogens is 273 g/mol. The molecule has 0 spiro atoms. The normalized spacial score (nSPS) is 11.1. The Kier molecular flexibility index (Phi) is 5.29. The fraction of sp³-hybridized carbons (Fsp3) is 0.417. The Labute approximate surface area is 112 Å². The van der Waals surface area contributed by atoms with Crippen molar-refractivity contribution < 1.29 is 22.3 Å². The predicted molar refractivity (Wildman–Crippen MR) is 69.8 cm³/mol. The molecule has 0 aromatic heterocycles. The zero-order valence-corrected chi connectivity index (χ0v) is 11.6. The first-order valence-corrected chi connectivity index (χ1v) is 7.43. The van der Waals surface area contributed by atoms with Crippen LogP contribution in [0.3, 0.4) is 0 Å². The number of esters is 1. The maximum absolute atomic E-state index is 13.7. The number of carbonyl (C=O) groups is 1. The summed E-state index contributed by atoms with van der Waals surface area (Å²) in [5.74, 6) is -1.66. The minimum absolute atomic E-state index is 0.135. The monoisotopic (exact) mass is 289 g/mol. The molecule has 7 heteroatoms. The standard InChI is InChI=1S/C12H16FNO4S/c1-3-18-12(15)9-14(19(16,17)4-2)11-8-6-5-7-10(11)13/h5-8H,3-4,9H2,1-2H3. The lowest BCUT2D eigenvalue weighted by Gasteiger charge is -2.23. The number of sulfonamides is 1. The van der Waals surface area contributed by atoms with Crippen LogP contribution in [0.15, 0.2) is 24.3 Å². The maximum atomic E-state index is 13.7. The molecule has 0 bridgehead atoms. The largest absolute Gasteiger partial charge is 0.465 e. The highest BCUT2D eigenvalue weighted by Crippen LogP contribution is 2.22. The van der Waals surface area contributed by atoms with Crippen LogP contribution in [0, 0.1) is 5.82 Å². The van der Waals surface area contributed by atoms with Crippen LogP contribution in [0.1, 0.15) is 13.8 Å². The third kappa shape index (κ3) is 3.92. The Hall–Kier alpha value is -1.63. The van der Waals surface area contributed by atoms with Gasteiger partial charge in [-0.15, -0.1) is 0 Å². The van der Waals surface area contributed by atoms with E-state index in [1.54, 1.807) is 6.92 Å². The van der Waals surface area contributed by atoms with Gasteiger partial charge < -0.3 is 4.74 Å². The fourth-order valence-corrected chi connectivity index (χ4v) is 2.53. The summed E-state index contributed by atoms with van der Waals surface area (Å²) in [5, 5.41) is 0. The lowest BCUT2D eigenvalue weighted by molar-refractivity contribution is -0.141. The SMILES string of the molecule is CCOC(=O)CN(c1ccccc1F)S(=O)(=O)CC. The van der Waals surface area contributed by atoms with E-state index in [9.17, 15) is 17.6 Å². The first-order valence-electron chi connectivity index (χ1n) is 5.83. The predicted octanol–water partition coefficient (Wildman–Crippen LogP) is 1.54. The van der Waals surface area contributed by atoms with E-state index in [0.29, 0.717) is 0 Å². The van der Waals surface area contributed by atoms with E-state index in [-0.39, 0.29) is 18.0 Å². The number of para-hydroxylation sites is 1. The topological polar surface area (TPSA) is 63.7 Å². The van der Waals surface area contributed by atoms with Crippen LogP contribution in [0.2, 0.25) is 0 Å². The maximum Gasteiger partial charge on any atom is 0.326 e. The summed E-state index contributed by atoms with van der Waals surface area (Å²) in [6, 6.07) is 5.39. The van der Waals surface area contributed by atoms with Crippen molar-refractivity contribution in [3.63, 3.8) is 0 Å². The average molecular weight is 289 g/mol. The molecule has 1 aromatic carbocycles. The van der Waals surface area contributed by atoms with Crippen LogP contribution < -0.4 is 4.31 Å². The van der Waals surface area contributed by atoms with E-state index >= 15 is 0 Å². The van der Waals surface area contributed by atoms with Crippen molar-refractivity contribution in [2.75, 3.05) is 23.2 Å². The van der Waals surface area contributed by atoms with Crippen LogP contribution in [-0.4, -0.2) is 33.3 Å². The van der Waals surface area contributed by atoms with Gasteiger partial charge in [0.05, 0.1) is 18.0 Å². The van der Waals surface area contributed by atoms with Gasteiger partial charge in [-0.1, -0.05) is 12.1 Å². The van der Waals surface area contributed by atoms with Gasteiger partial charge >= 0.3 is 5.97 Å². The van der Waals surface area contributed by atoms with Crippen molar-refractivity contribution in [2.45, 2.75) is 13.8 Å². The molecule has 19 heavy (non-hydrogen) atoms. The van der Waals surface area contributed by atoms with Crippen LogP contribution in [-0.2, 0) is 19.6 Å². The first kappa shape index (κ1) is 15.4. The molecule has 0 aliphatic rings. The van der Waals surface area contributed by atoms with Crippen LogP contribution in [0.5, 0.6) is 0 Å². The van der Waals surface area contributed by atoms with Crippen molar-refractivity contribution >= 4 is 21.7 Å². The Morgan fingerprint density at radius 3 is 2.47 bits per heavy atom. The van der Waals surface area contributed by atoms with Gasteiger partial charge in [-0.2, -0.15) is 0 Å². The van der Waals surface area contributed by atoms with Gasteiger partial charge in [0.1, 0.15) is 12.4 Å².